The standard InChI is InChI=1S/C36H32N10O19S6/c47-64-65-66-25-9-11-29(32(17-25)70(57,58)59)45-44-24-8-10-28(30(16-24)63-12-1-13-67(48,49)50)38-35-39-34(40-36(41-35)46-19-33(46)71(60,61)62)37-21-4-6-22(7-5-21)42-43-23-3-2-20-14-26(68(51,52)53)18-31(27(20)15-23)69(54,55)56/h2-11,14-18,33,47H,1,12-13,19H2,(H,48,49,50)(H,51,52,53)(H,54,55,56)(H,57,58,59)(H,60,61,62)(H2,37,38,39,40,41). The molecule has 1 atom stereocenters. The molecule has 376 valence electrons. The van der Waals surface area contributed by atoms with Crippen molar-refractivity contribution in [1.29, 1.82) is 0 Å². The van der Waals surface area contributed by atoms with Gasteiger partial charge < -0.3 is 20.3 Å². The summed E-state index contributed by atoms with van der Waals surface area (Å²) in [4.78, 5) is 11.9. The molecule has 1 fully saturated rings. The molecule has 1 saturated heterocycles. The van der Waals surface area contributed by atoms with Gasteiger partial charge in [-0.05, 0) is 90.7 Å². The zero-order valence-corrected chi connectivity index (χ0v) is 40.0. The van der Waals surface area contributed by atoms with Gasteiger partial charge in [0.15, 0.2) is 5.37 Å². The summed E-state index contributed by atoms with van der Waals surface area (Å²) in [6, 6.07) is 18.9. The first-order chi connectivity index (χ1) is 33.2. The van der Waals surface area contributed by atoms with E-state index in [1.54, 1.807) is 0 Å². The minimum absolute atomic E-state index is 0.0132. The molecule has 1 aliphatic rings. The fraction of sp³-hybridized carbons (Fsp3) is 0.139. The summed E-state index contributed by atoms with van der Waals surface area (Å²) in [7, 11) is -23.6. The summed E-state index contributed by atoms with van der Waals surface area (Å²) < 4.78 is 177. The topological polar surface area (TPSA) is 435 Å². The zero-order chi connectivity index (χ0) is 51.5. The zero-order valence-electron chi connectivity index (χ0n) is 35.1. The van der Waals surface area contributed by atoms with E-state index in [0.717, 1.165) is 23.1 Å². The van der Waals surface area contributed by atoms with Crippen molar-refractivity contribution in [2.24, 2.45) is 20.5 Å². The normalized spacial score (nSPS) is 14.6. The van der Waals surface area contributed by atoms with Crippen LogP contribution < -0.4 is 20.3 Å². The van der Waals surface area contributed by atoms with Gasteiger partial charge in [-0.25, -0.2) is 5.26 Å². The van der Waals surface area contributed by atoms with E-state index < -0.39 is 76.4 Å². The van der Waals surface area contributed by atoms with E-state index >= 15 is 0 Å². The highest BCUT2D eigenvalue weighted by Crippen LogP contribution is 2.37. The van der Waals surface area contributed by atoms with Gasteiger partial charge in [-0.3, -0.25) is 22.8 Å². The molecule has 6 aromatic rings. The highest BCUT2D eigenvalue weighted by Gasteiger charge is 2.46. The van der Waals surface area contributed by atoms with Crippen molar-refractivity contribution in [2.45, 2.75) is 31.4 Å². The third kappa shape index (κ3) is 14.1. The maximum Gasteiger partial charge on any atom is 0.296 e. The summed E-state index contributed by atoms with van der Waals surface area (Å²) >= 11 is 0.405. The summed E-state index contributed by atoms with van der Waals surface area (Å²) in [6.45, 7) is -0.498. The summed E-state index contributed by atoms with van der Waals surface area (Å²) in [5, 5.41) is 32.4. The molecule has 7 rings (SSSR count). The second-order valence-corrected chi connectivity index (χ2v) is 22.5. The predicted molar refractivity (Wildman–Crippen MR) is 247 cm³/mol. The maximum absolute atomic E-state index is 12.1. The number of anilines is 5. The van der Waals surface area contributed by atoms with Crippen LogP contribution in [-0.4, -0.2) is 109 Å². The Balaban J connectivity index is 1.16. The van der Waals surface area contributed by atoms with Gasteiger partial charge in [0.05, 0.1) is 58.6 Å². The Morgan fingerprint density at radius 3 is 1.93 bits per heavy atom. The van der Waals surface area contributed by atoms with Gasteiger partial charge in [-0.2, -0.15) is 72.4 Å². The van der Waals surface area contributed by atoms with Crippen LogP contribution in [0.4, 0.5) is 52.0 Å². The van der Waals surface area contributed by atoms with Crippen LogP contribution in [0.25, 0.3) is 10.8 Å². The molecule has 0 amide bonds. The number of fused-ring (bicyclic) bond motifs is 1. The molecular formula is C36H32N10O19S6. The van der Waals surface area contributed by atoms with E-state index in [1.165, 1.54) is 66.7 Å². The number of azo groups is 2. The Bertz CT molecular complexity index is 3690. The van der Waals surface area contributed by atoms with Crippen molar-refractivity contribution in [3.63, 3.8) is 0 Å². The number of aromatic nitrogens is 3. The smallest absolute Gasteiger partial charge is 0.296 e. The van der Waals surface area contributed by atoms with Gasteiger partial charge in [0.25, 0.3) is 50.6 Å². The molecule has 5 aromatic carbocycles. The fourth-order valence-corrected chi connectivity index (χ4v) is 9.82. The first kappa shape index (κ1) is 52.4. The van der Waals surface area contributed by atoms with Gasteiger partial charge in [-0.1, -0.05) is 11.1 Å². The molecule has 1 unspecified atom stereocenters. The predicted octanol–water partition coefficient (Wildman–Crippen LogP) is 6.20. The largest absolute Gasteiger partial charge is 0.491 e. The van der Waals surface area contributed by atoms with Crippen molar-refractivity contribution in [2.75, 3.05) is 34.4 Å². The van der Waals surface area contributed by atoms with E-state index in [1.807, 2.05) is 0 Å². The van der Waals surface area contributed by atoms with Gasteiger partial charge in [0.2, 0.25) is 17.8 Å². The lowest BCUT2D eigenvalue weighted by Gasteiger charge is -2.15. The van der Waals surface area contributed by atoms with Crippen LogP contribution in [-0.2, 0) is 60.0 Å². The van der Waals surface area contributed by atoms with Crippen molar-refractivity contribution in [3.05, 3.63) is 91.0 Å². The number of benzene rings is 5. The average molecular weight is 1100 g/mol. The Labute approximate surface area is 405 Å². The summed E-state index contributed by atoms with van der Waals surface area (Å²) in [5.41, 5.74) is 0.438. The van der Waals surface area contributed by atoms with Gasteiger partial charge in [-0.15, -0.1) is 9.45 Å². The Morgan fingerprint density at radius 2 is 1.30 bits per heavy atom. The molecule has 2 heterocycles. The highest BCUT2D eigenvalue weighted by atomic mass is 32.2. The molecule has 0 spiro atoms. The molecule has 0 radical (unpaired) electrons. The van der Waals surface area contributed by atoms with Crippen molar-refractivity contribution in [1.82, 2.24) is 15.0 Å². The molecular weight excluding hydrogens is 1070 g/mol. The lowest BCUT2D eigenvalue weighted by atomic mass is 10.1. The highest BCUT2D eigenvalue weighted by molar-refractivity contribution is 7.94. The molecule has 71 heavy (non-hydrogen) atoms. The number of hydrogen-bond acceptors (Lipinski definition) is 25. The van der Waals surface area contributed by atoms with Crippen molar-refractivity contribution < 1.29 is 84.2 Å². The Kier molecular flexibility index (Phi) is 15.3. The monoisotopic (exact) mass is 1100 g/mol. The molecule has 8 N–H and O–H groups in total. The first-order valence-corrected chi connectivity index (χ1v) is 27.4. The summed E-state index contributed by atoms with van der Waals surface area (Å²) in [6.07, 6.45) is -0.197. The molecule has 1 aliphatic heterocycles. The van der Waals surface area contributed by atoms with E-state index in [9.17, 15) is 64.9 Å². The molecule has 0 aliphatic carbocycles. The molecule has 0 saturated carbocycles. The van der Waals surface area contributed by atoms with Crippen molar-refractivity contribution in [3.8, 4) is 5.75 Å². The second-order valence-electron chi connectivity index (χ2n) is 14.4. The SMILES string of the molecule is O=S(=O)(O)CCCOc1cc(N=Nc2ccc(SOOO)cc2S(=O)(=O)O)ccc1Nc1nc(Nc2ccc(N=Nc3ccc4cc(S(=O)(=O)O)cc(S(=O)(=O)O)c4c3)cc2)nc(N2CC2S(=O)(=O)O)n1. The van der Waals surface area contributed by atoms with Crippen LogP contribution in [0.2, 0.25) is 0 Å². The third-order valence-corrected chi connectivity index (χ3v) is 14.4. The van der Waals surface area contributed by atoms with Crippen molar-refractivity contribution >= 4 is 125 Å². The maximum atomic E-state index is 12.1. The van der Waals surface area contributed by atoms with E-state index in [-0.39, 0.29) is 87.3 Å². The second kappa shape index (κ2) is 20.7. The van der Waals surface area contributed by atoms with Gasteiger partial charge in [0.1, 0.15) is 21.2 Å². The fourth-order valence-electron chi connectivity index (χ4n) is 6.10. The number of ether oxygens (including phenoxy) is 1. The number of nitrogens with one attached hydrogen (secondary N) is 2. The average Bonchev–Trinajstić information content (AvgIpc) is 4.11. The number of nitrogens with zero attached hydrogens (tertiary/aromatic N) is 8. The molecule has 0 bridgehead atoms. The minimum Gasteiger partial charge on any atom is -0.491 e. The number of rotatable bonds is 21. The number of hydrogen-bond donors (Lipinski definition) is 8. The Morgan fingerprint density at radius 1 is 0.662 bits per heavy atom. The van der Waals surface area contributed by atoms with Gasteiger partial charge in [0, 0.05) is 22.0 Å². The van der Waals surface area contributed by atoms with E-state index in [2.05, 4.69) is 55.4 Å². The van der Waals surface area contributed by atoms with E-state index in [0.29, 0.717) is 23.8 Å². The van der Waals surface area contributed by atoms with Crippen LogP contribution in [0.1, 0.15) is 6.42 Å². The lowest BCUT2D eigenvalue weighted by molar-refractivity contribution is -0.432. The summed E-state index contributed by atoms with van der Waals surface area (Å²) in [5.74, 6) is -1.37. The van der Waals surface area contributed by atoms with Crippen LogP contribution in [0.15, 0.2) is 131 Å². The third-order valence-electron chi connectivity index (χ3n) is 9.30. The lowest BCUT2D eigenvalue weighted by Crippen LogP contribution is -2.15. The van der Waals surface area contributed by atoms with Crippen LogP contribution in [0, 0.1) is 0 Å². The molecule has 35 heteroatoms. The first-order valence-electron chi connectivity index (χ1n) is 19.2. The quantitative estimate of drug-likeness (QED) is 0.00756. The van der Waals surface area contributed by atoms with Gasteiger partial charge >= 0.3 is 0 Å². The Hall–Kier alpha value is -6.45. The minimum atomic E-state index is -4.97. The van der Waals surface area contributed by atoms with Crippen LogP contribution in [0.3, 0.4) is 0 Å². The van der Waals surface area contributed by atoms with E-state index in [4.69, 9.17) is 9.99 Å². The molecule has 29 nitrogen and oxygen atoms in total. The van der Waals surface area contributed by atoms with Crippen LogP contribution >= 0.6 is 12.0 Å². The van der Waals surface area contributed by atoms with Crippen LogP contribution in [0.5, 0.6) is 5.75 Å². The molecule has 1 aromatic heterocycles.